The lowest BCUT2D eigenvalue weighted by Crippen LogP contribution is -2.53. The van der Waals surface area contributed by atoms with Gasteiger partial charge in [0.15, 0.2) is 0 Å². The van der Waals surface area contributed by atoms with Crippen molar-refractivity contribution < 1.29 is 9.53 Å². The molecule has 0 saturated carbocycles. The molecule has 6 heteroatoms. The first-order valence-electron chi connectivity index (χ1n) is 8.80. The molecule has 1 unspecified atom stereocenters. The summed E-state index contributed by atoms with van der Waals surface area (Å²) in [4.78, 5) is 21.1. The van der Waals surface area contributed by atoms with Crippen LogP contribution in [0.3, 0.4) is 0 Å². The van der Waals surface area contributed by atoms with Gasteiger partial charge in [-0.05, 0) is 19.9 Å². The molecule has 1 fully saturated rings. The summed E-state index contributed by atoms with van der Waals surface area (Å²) < 4.78 is 7.53. The molecule has 1 aromatic heterocycles. The maximum Gasteiger partial charge on any atom is 0.274 e. The first kappa shape index (κ1) is 17.5. The Morgan fingerprint density at radius 3 is 2.80 bits per heavy atom. The van der Waals surface area contributed by atoms with Crippen LogP contribution in [0.25, 0.3) is 0 Å². The van der Waals surface area contributed by atoms with E-state index >= 15 is 0 Å². The molecule has 0 bridgehead atoms. The quantitative estimate of drug-likeness (QED) is 0.836. The number of hydrogen-bond acceptors (Lipinski definition) is 4. The van der Waals surface area contributed by atoms with Crippen LogP contribution in [0.5, 0.6) is 5.75 Å². The van der Waals surface area contributed by atoms with E-state index in [-0.39, 0.29) is 11.9 Å². The van der Waals surface area contributed by atoms with Crippen LogP contribution in [0.2, 0.25) is 0 Å². The first-order valence-corrected chi connectivity index (χ1v) is 8.80. The van der Waals surface area contributed by atoms with E-state index in [1.165, 1.54) is 5.56 Å². The summed E-state index contributed by atoms with van der Waals surface area (Å²) >= 11 is 0. The first-order chi connectivity index (χ1) is 12.1. The van der Waals surface area contributed by atoms with Gasteiger partial charge in [0.05, 0.1) is 12.9 Å². The predicted molar refractivity (Wildman–Crippen MR) is 96.6 cm³/mol. The number of para-hydroxylation sites is 1. The monoisotopic (exact) mass is 342 g/mol. The van der Waals surface area contributed by atoms with Gasteiger partial charge in [0.1, 0.15) is 11.4 Å². The van der Waals surface area contributed by atoms with Crippen LogP contribution in [0.15, 0.2) is 36.8 Å². The highest BCUT2D eigenvalue weighted by Gasteiger charge is 2.29. The number of piperazine rings is 1. The molecule has 0 aliphatic carbocycles. The Kier molecular flexibility index (Phi) is 5.38. The van der Waals surface area contributed by atoms with Crippen molar-refractivity contribution in [3.05, 3.63) is 48.0 Å². The average Bonchev–Trinajstić information content (AvgIpc) is 3.03. The minimum atomic E-state index is 0.0162. The van der Waals surface area contributed by atoms with Crippen molar-refractivity contribution in [1.29, 1.82) is 0 Å². The summed E-state index contributed by atoms with van der Waals surface area (Å²) in [5.41, 5.74) is 1.71. The molecule has 1 atom stereocenters. The number of imidazole rings is 1. The summed E-state index contributed by atoms with van der Waals surface area (Å²) in [5.74, 6) is 0.965. The lowest BCUT2D eigenvalue weighted by Gasteiger charge is -2.39. The lowest BCUT2D eigenvalue weighted by atomic mass is 10.1. The number of aryl methyl sites for hydroxylation is 1. The number of amides is 1. The predicted octanol–water partition coefficient (Wildman–Crippen LogP) is 2.17. The summed E-state index contributed by atoms with van der Waals surface area (Å²) in [6, 6.07) is 8.33. The number of carbonyl (C=O) groups is 1. The van der Waals surface area contributed by atoms with Crippen molar-refractivity contribution in [3.63, 3.8) is 0 Å². The van der Waals surface area contributed by atoms with Crippen LogP contribution < -0.4 is 4.74 Å². The Morgan fingerprint density at radius 1 is 1.32 bits per heavy atom. The molecule has 1 aliphatic heterocycles. The van der Waals surface area contributed by atoms with Crippen LogP contribution in [0, 0.1) is 0 Å². The van der Waals surface area contributed by atoms with E-state index in [0.717, 1.165) is 25.4 Å². The van der Waals surface area contributed by atoms with E-state index in [1.807, 2.05) is 37.1 Å². The van der Waals surface area contributed by atoms with E-state index < -0.39 is 0 Å². The molecule has 2 aromatic rings. The van der Waals surface area contributed by atoms with Gasteiger partial charge in [-0.15, -0.1) is 0 Å². The van der Waals surface area contributed by atoms with Gasteiger partial charge in [-0.2, -0.15) is 0 Å². The van der Waals surface area contributed by atoms with E-state index in [9.17, 15) is 4.79 Å². The molecule has 6 nitrogen and oxygen atoms in total. The zero-order chi connectivity index (χ0) is 17.8. The maximum atomic E-state index is 12.6. The lowest BCUT2D eigenvalue weighted by molar-refractivity contribution is 0.0468. The van der Waals surface area contributed by atoms with Gasteiger partial charge in [0.25, 0.3) is 5.91 Å². The third-order valence-electron chi connectivity index (χ3n) is 4.56. The maximum absolute atomic E-state index is 12.6. The zero-order valence-electron chi connectivity index (χ0n) is 15.2. The molecular weight excluding hydrogens is 316 g/mol. The van der Waals surface area contributed by atoms with Crippen LogP contribution in [-0.4, -0.2) is 57.5 Å². The Bertz CT molecular complexity index is 728. The minimum absolute atomic E-state index is 0.0162. The van der Waals surface area contributed by atoms with Crippen LogP contribution in [0.4, 0.5) is 0 Å². The van der Waals surface area contributed by atoms with Gasteiger partial charge < -0.3 is 14.2 Å². The van der Waals surface area contributed by atoms with Gasteiger partial charge >= 0.3 is 0 Å². The molecule has 25 heavy (non-hydrogen) atoms. The van der Waals surface area contributed by atoms with E-state index in [1.54, 1.807) is 17.1 Å². The second-order valence-electron chi connectivity index (χ2n) is 6.55. The third-order valence-corrected chi connectivity index (χ3v) is 4.56. The van der Waals surface area contributed by atoms with E-state index in [2.05, 4.69) is 22.9 Å². The molecule has 1 saturated heterocycles. The van der Waals surface area contributed by atoms with Crippen molar-refractivity contribution in [2.75, 3.05) is 26.2 Å². The molecule has 2 heterocycles. The highest BCUT2D eigenvalue weighted by atomic mass is 16.5. The van der Waals surface area contributed by atoms with Gasteiger partial charge in [-0.3, -0.25) is 9.69 Å². The smallest absolute Gasteiger partial charge is 0.274 e. The second-order valence-corrected chi connectivity index (χ2v) is 6.55. The van der Waals surface area contributed by atoms with Crippen molar-refractivity contribution in [2.45, 2.75) is 26.4 Å². The summed E-state index contributed by atoms with van der Waals surface area (Å²) in [6.07, 6.45) is 3.44. The molecule has 134 valence electrons. The van der Waals surface area contributed by atoms with Gasteiger partial charge in [-0.25, -0.2) is 4.98 Å². The molecule has 3 rings (SSSR count). The number of nitrogens with zero attached hydrogens (tertiary/aromatic N) is 4. The van der Waals surface area contributed by atoms with Crippen LogP contribution in [-0.2, 0) is 13.6 Å². The van der Waals surface area contributed by atoms with Crippen molar-refractivity contribution >= 4 is 5.91 Å². The Labute approximate surface area is 149 Å². The molecule has 0 N–H and O–H groups in total. The molecular formula is C19H26N4O2. The number of benzene rings is 1. The molecule has 1 aliphatic rings. The summed E-state index contributed by atoms with van der Waals surface area (Å²) in [7, 11) is 1.88. The standard InChI is InChI=1S/C19H26N4O2/c1-4-25-18-8-6-5-7-16(18)12-22-9-10-23(15(2)11-22)19(24)17-13-21(3)14-20-17/h5-8,13-15H,4,9-12H2,1-3H3. The van der Waals surface area contributed by atoms with E-state index in [4.69, 9.17) is 4.74 Å². The van der Waals surface area contributed by atoms with Gasteiger partial charge in [-0.1, -0.05) is 18.2 Å². The second kappa shape index (κ2) is 7.70. The number of rotatable bonds is 5. The number of ether oxygens (including phenoxy) is 1. The normalized spacial score (nSPS) is 18.4. The fourth-order valence-electron chi connectivity index (χ4n) is 3.32. The van der Waals surface area contributed by atoms with Crippen LogP contribution >= 0.6 is 0 Å². The number of hydrogen-bond donors (Lipinski definition) is 0. The Hall–Kier alpha value is -2.34. The molecule has 0 spiro atoms. The minimum Gasteiger partial charge on any atom is -0.494 e. The van der Waals surface area contributed by atoms with Crippen molar-refractivity contribution in [3.8, 4) is 5.75 Å². The van der Waals surface area contributed by atoms with Crippen molar-refractivity contribution in [2.24, 2.45) is 7.05 Å². The number of carbonyl (C=O) groups excluding carboxylic acids is 1. The Balaban J connectivity index is 1.63. The average molecular weight is 342 g/mol. The van der Waals surface area contributed by atoms with Crippen molar-refractivity contribution in [1.82, 2.24) is 19.4 Å². The van der Waals surface area contributed by atoms with E-state index in [0.29, 0.717) is 18.8 Å². The largest absolute Gasteiger partial charge is 0.494 e. The number of aromatic nitrogens is 2. The zero-order valence-corrected chi connectivity index (χ0v) is 15.2. The van der Waals surface area contributed by atoms with Gasteiger partial charge in [0, 0.05) is 51.0 Å². The highest BCUT2D eigenvalue weighted by molar-refractivity contribution is 5.92. The summed E-state index contributed by atoms with van der Waals surface area (Å²) in [6.45, 7) is 8.02. The fraction of sp³-hybridized carbons (Fsp3) is 0.474. The molecule has 0 radical (unpaired) electrons. The van der Waals surface area contributed by atoms with Gasteiger partial charge in [0.2, 0.25) is 0 Å². The fourth-order valence-corrected chi connectivity index (χ4v) is 3.32. The summed E-state index contributed by atoms with van der Waals surface area (Å²) in [5, 5.41) is 0. The third kappa shape index (κ3) is 4.02. The molecule has 1 amide bonds. The Morgan fingerprint density at radius 2 is 2.12 bits per heavy atom. The highest BCUT2D eigenvalue weighted by Crippen LogP contribution is 2.22. The van der Waals surface area contributed by atoms with Crippen LogP contribution in [0.1, 0.15) is 29.9 Å². The molecule has 1 aromatic carbocycles. The topological polar surface area (TPSA) is 50.6 Å². The SMILES string of the molecule is CCOc1ccccc1CN1CCN(C(=O)c2cn(C)cn2)C(C)C1.